The zero-order chi connectivity index (χ0) is 22.6. The number of hydrogen-bond donors (Lipinski definition) is 2. The third kappa shape index (κ3) is 4.65. The quantitative estimate of drug-likeness (QED) is 0.359. The smallest absolute Gasteiger partial charge is 0.171 e. The summed E-state index contributed by atoms with van der Waals surface area (Å²) in [4.78, 5) is 12.0. The Morgan fingerprint density at radius 2 is 1.88 bits per heavy atom. The van der Waals surface area contributed by atoms with Gasteiger partial charge in [0.2, 0.25) is 0 Å². The summed E-state index contributed by atoms with van der Waals surface area (Å²) in [7, 11) is 0. The number of ether oxygens (including phenoxy) is 1. The first-order valence-corrected chi connectivity index (χ1v) is 12.0. The summed E-state index contributed by atoms with van der Waals surface area (Å²) in [5.74, 6) is 0.803. The molecule has 0 bridgehead atoms. The van der Waals surface area contributed by atoms with Crippen molar-refractivity contribution in [2.45, 2.75) is 11.5 Å². The summed E-state index contributed by atoms with van der Waals surface area (Å²) in [6.07, 6.45) is 1.49. The normalized spacial score (nSPS) is 14.1. The van der Waals surface area contributed by atoms with E-state index in [0.717, 1.165) is 51.7 Å². The zero-order valence-electron chi connectivity index (χ0n) is 17.6. The molecule has 170 valence electrons. The molecule has 10 heteroatoms. The van der Waals surface area contributed by atoms with E-state index in [1.807, 2.05) is 54.6 Å². The Morgan fingerprint density at radius 1 is 1.06 bits per heavy atom. The fourth-order valence-electron chi connectivity index (χ4n) is 3.81. The van der Waals surface area contributed by atoms with Crippen LogP contribution in [0.15, 0.2) is 65.8 Å². The second kappa shape index (κ2) is 10.0. The molecule has 0 atom stereocenters. The van der Waals surface area contributed by atoms with Gasteiger partial charge in [-0.15, -0.1) is 3.89 Å². The molecule has 0 aliphatic carbocycles. The Hall–Kier alpha value is -2.79. The molecule has 2 N–H and O–H groups in total. The van der Waals surface area contributed by atoms with Gasteiger partial charge in [-0.2, -0.15) is 0 Å². The molecule has 1 fully saturated rings. The minimum atomic E-state index is 0.0152. The summed E-state index contributed by atoms with van der Waals surface area (Å²) >= 11 is 1.61. The van der Waals surface area contributed by atoms with Crippen molar-refractivity contribution >= 4 is 46.8 Å². The van der Waals surface area contributed by atoms with Crippen molar-refractivity contribution in [3.8, 4) is 11.3 Å². The molecule has 4 aromatic rings. The van der Waals surface area contributed by atoms with E-state index < -0.39 is 0 Å². The van der Waals surface area contributed by atoms with Gasteiger partial charge >= 0.3 is 0 Å². The molecule has 3 heterocycles. The molecule has 0 saturated carbocycles. The maximum absolute atomic E-state index is 14.0. The number of morpholine rings is 1. The van der Waals surface area contributed by atoms with Crippen molar-refractivity contribution in [1.29, 1.82) is 0 Å². The predicted molar refractivity (Wildman–Crippen MR) is 132 cm³/mol. The molecular formula is C23H22FN5O2S2. The van der Waals surface area contributed by atoms with Crippen molar-refractivity contribution in [2.75, 3.05) is 35.9 Å². The van der Waals surface area contributed by atoms with Crippen LogP contribution >= 0.6 is 24.3 Å². The van der Waals surface area contributed by atoms with Crippen LogP contribution in [-0.4, -0.2) is 45.4 Å². The minimum absolute atomic E-state index is 0.0152. The highest BCUT2D eigenvalue weighted by Crippen LogP contribution is 2.36. The number of fused-ring (bicyclic) bond motifs is 1. The predicted octanol–water partition coefficient (Wildman–Crippen LogP) is 4.93. The van der Waals surface area contributed by atoms with Crippen LogP contribution in [0, 0.1) is 0 Å². The highest BCUT2D eigenvalue weighted by molar-refractivity contribution is 8.00. The first-order valence-electron chi connectivity index (χ1n) is 10.5. The van der Waals surface area contributed by atoms with E-state index in [4.69, 9.17) is 4.74 Å². The standard InChI is InChI=1S/C23H22FN5O2S2/c24-33-29-21(13-20-22(25-15-26-23(20)29)28-8-10-31-11-9-28)17-4-6-18(7-5-17)27-32-19-3-1-2-16(12-19)14-30/h1-7,12-13,15,27,30H,8-11,14H2. The van der Waals surface area contributed by atoms with Crippen molar-refractivity contribution in [3.63, 3.8) is 0 Å². The molecule has 7 nitrogen and oxygen atoms in total. The number of aromatic nitrogens is 3. The lowest BCUT2D eigenvalue weighted by molar-refractivity contribution is 0.122. The van der Waals surface area contributed by atoms with Gasteiger partial charge in [0.25, 0.3) is 0 Å². The lowest BCUT2D eigenvalue weighted by Gasteiger charge is -2.28. The van der Waals surface area contributed by atoms with E-state index >= 15 is 0 Å². The molecule has 1 aliphatic rings. The maximum atomic E-state index is 14.0. The molecule has 0 spiro atoms. The monoisotopic (exact) mass is 483 g/mol. The van der Waals surface area contributed by atoms with Gasteiger partial charge in [0, 0.05) is 23.7 Å². The largest absolute Gasteiger partial charge is 0.392 e. The van der Waals surface area contributed by atoms with Crippen molar-refractivity contribution in [2.24, 2.45) is 0 Å². The van der Waals surface area contributed by atoms with E-state index in [9.17, 15) is 8.99 Å². The molecule has 2 aromatic carbocycles. The molecule has 0 unspecified atom stereocenters. The fraction of sp³-hybridized carbons (Fsp3) is 0.217. The number of aliphatic hydroxyl groups excluding tert-OH is 1. The van der Waals surface area contributed by atoms with Crippen LogP contribution in [0.4, 0.5) is 15.4 Å². The van der Waals surface area contributed by atoms with Gasteiger partial charge < -0.3 is 19.5 Å². The average molecular weight is 484 g/mol. The summed E-state index contributed by atoms with van der Waals surface area (Å²) in [5.41, 5.74) is 3.94. The summed E-state index contributed by atoms with van der Waals surface area (Å²) in [6.45, 7) is 2.80. The topological polar surface area (TPSA) is 75.4 Å². The molecule has 33 heavy (non-hydrogen) atoms. The highest BCUT2D eigenvalue weighted by atomic mass is 32.2. The Balaban J connectivity index is 1.40. The number of benzene rings is 2. The van der Waals surface area contributed by atoms with Gasteiger partial charge in [-0.25, -0.2) is 13.9 Å². The molecule has 5 rings (SSSR count). The van der Waals surface area contributed by atoms with E-state index in [2.05, 4.69) is 19.6 Å². The third-order valence-electron chi connectivity index (χ3n) is 5.46. The van der Waals surface area contributed by atoms with Gasteiger partial charge in [-0.05, 0) is 53.4 Å². The lowest BCUT2D eigenvalue weighted by atomic mass is 10.1. The minimum Gasteiger partial charge on any atom is -0.392 e. The highest BCUT2D eigenvalue weighted by Gasteiger charge is 2.21. The van der Waals surface area contributed by atoms with E-state index in [1.54, 1.807) is 0 Å². The molecule has 2 aromatic heterocycles. The number of halogens is 1. The van der Waals surface area contributed by atoms with Crippen LogP contribution in [0.1, 0.15) is 5.56 Å². The van der Waals surface area contributed by atoms with E-state index in [1.165, 1.54) is 22.2 Å². The third-order valence-corrected chi connectivity index (χ3v) is 6.80. The Bertz CT molecular complexity index is 1250. The number of aliphatic hydroxyl groups is 1. The van der Waals surface area contributed by atoms with Crippen LogP contribution in [-0.2, 0) is 11.3 Å². The second-order valence-corrected chi connectivity index (χ2v) is 8.90. The van der Waals surface area contributed by atoms with Crippen LogP contribution in [0.2, 0.25) is 0 Å². The molecule has 1 saturated heterocycles. The van der Waals surface area contributed by atoms with Gasteiger partial charge in [-0.1, -0.05) is 24.3 Å². The first-order chi connectivity index (χ1) is 16.3. The second-order valence-electron chi connectivity index (χ2n) is 7.51. The van der Waals surface area contributed by atoms with Crippen LogP contribution in [0.25, 0.3) is 22.3 Å². The van der Waals surface area contributed by atoms with Gasteiger partial charge in [0.1, 0.15) is 12.1 Å². The van der Waals surface area contributed by atoms with Crippen molar-refractivity contribution < 1.29 is 13.7 Å². The Labute approximate surface area is 199 Å². The van der Waals surface area contributed by atoms with Crippen LogP contribution < -0.4 is 9.62 Å². The lowest BCUT2D eigenvalue weighted by Crippen LogP contribution is -2.36. The van der Waals surface area contributed by atoms with E-state index in [0.29, 0.717) is 18.9 Å². The Morgan fingerprint density at radius 3 is 2.64 bits per heavy atom. The number of nitrogens with zero attached hydrogens (tertiary/aromatic N) is 4. The average Bonchev–Trinajstić information content (AvgIpc) is 3.27. The van der Waals surface area contributed by atoms with Crippen molar-refractivity contribution in [1.82, 2.24) is 13.9 Å². The molecule has 1 aliphatic heterocycles. The zero-order valence-corrected chi connectivity index (χ0v) is 19.3. The summed E-state index contributed by atoms with van der Waals surface area (Å²) in [5, 5.41) is 10.1. The van der Waals surface area contributed by atoms with Gasteiger partial charge in [0.05, 0.1) is 30.9 Å². The number of rotatable bonds is 7. The fourth-order valence-corrected chi connectivity index (χ4v) is 4.98. The molecular weight excluding hydrogens is 461 g/mol. The SMILES string of the molecule is OCc1cccc(SNc2ccc(-c3cc4c(N5CCOCC5)ncnc4n3SF)cc2)c1. The maximum Gasteiger partial charge on any atom is 0.171 e. The van der Waals surface area contributed by atoms with Gasteiger partial charge in [0.15, 0.2) is 18.0 Å². The number of anilines is 2. The first kappa shape index (κ1) is 22.0. The van der Waals surface area contributed by atoms with E-state index in [-0.39, 0.29) is 18.9 Å². The molecule has 0 radical (unpaired) electrons. The Kier molecular flexibility index (Phi) is 6.68. The summed E-state index contributed by atoms with van der Waals surface area (Å²) in [6, 6.07) is 17.5. The number of hydrogen-bond acceptors (Lipinski definition) is 8. The number of nitrogens with one attached hydrogen (secondary N) is 1. The van der Waals surface area contributed by atoms with Crippen LogP contribution in [0.3, 0.4) is 0 Å². The van der Waals surface area contributed by atoms with Crippen molar-refractivity contribution in [3.05, 3.63) is 66.5 Å². The van der Waals surface area contributed by atoms with Gasteiger partial charge in [-0.3, -0.25) is 0 Å². The summed E-state index contributed by atoms with van der Waals surface area (Å²) < 4.78 is 24.3. The van der Waals surface area contributed by atoms with Crippen LogP contribution in [0.5, 0.6) is 0 Å². The molecule has 0 amide bonds.